The Morgan fingerprint density at radius 2 is 1.94 bits per heavy atom. The monoisotopic (exact) mass is 217 g/mol. The first-order valence-electron chi connectivity index (χ1n) is 6.12. The van der Waals surface area contributed by atoms with Crippen LogP contribution in [0.3, 0.4) is 0 Å². The molecule has 1 aromatic carbocycles. The largest absolute Gasteiger partial charge is 0.359 e. The van der Waals surface area contributed by atoms with Gasteiger partial charge in [0.25, 0.3) is 0 Å². The van der Waals surface area contributed by atoms with Crippen LogP contribution in [-0.4, -0.2) is 4.98 Å². The van der Waals surface area contributed by atoms with E-state index in [1.165, 1.54) is 43.7 Å². The second kappa shape index (κ2) is 3.93. The minimum Gasteiger partial charge on any atom is -0.359 e. The van der Waals surface area contributed by atoms with Crippen LogP contribution < -0.4 is 0 Å². The van der Waals surface area contributed by atoms with Crippen molar-refractivity contribution in [3.8, 4) is 0 Å². The molecule has 0 bridgehead atoms. The summed E-state index contributed by atoms with van der Waals surface area (Å²) in [7, 11) is 0. The van der Waals surface area contributed by atoms with Gasteiger partial charge in [0.05, 0.1) is 5.52 Å². The van der Waals surface area contributed by atoms with Crippen LogP contribution in [0.5, 0.6) is 0 Å². The predicted octanol–water partition coefficient (Wildman–Crippen LogP) is 4.35. The van der Waals surface area contributed by atoms with Crippen LogP contribution in [0.1, 0.15) is 43.6 Å². The zero-order valence-electron chi connectivity index (χ0n) is 9.30. The minimum absolute atomic E-state index is 0.139. The molecule has 1 fully saturated rings. The fourth-order valence-electron chi connectivity index (χ4n) is 2.89. The second-order valence-corrected chi connectivity index (χ2v) is 4.74. The van der Waals surface area contributed by atoms with Crippen LogP contribution in [0.25, 0.3) is 10.9 Å². The number of fused-ring (bicyclic) bond motifs is 1. The lowest BCUT2D eigenvalue weighted by Gasteiger charge is -2.21. The van der Waals surface area contributed by atoms with Crippen molar-refractivity contribution < 1.29 is 4.39 Å². The van der Waals surface area contributed by atoms with Crippen LogP contribution in [0, 0.1) is 5.82 Å². The summed E-state index contributed by atoms with van der Waals surface area (Å²) in [6, 6.07) is 5.35. The lowest BCUT2D eigenvalue weighted by atomic mass is 9.84. The molecule has 0 radical (unpaired) electrons. The summed E-state index contributed by atoms with van der Waals surface area (Å²) < 4.78 is 13.5. The Morgan fingerprint density at radius 1 is 1.12 bits per heavy atom. The summed E-state index contributed by atoms with van der Waals surface area (Å²) in [5.41, 5.74) is 1.98. The van der Waals surface area contributed by atoms with E-state index < -0.39 is 0 Å². The van der Waals surface area contributed by atoms with Crippen molar-refractivity contribution in [2.24, 2.45) is 0 Å². The lowest BCUT2D eigenvalue weighted by Crippen LogP contribution is -2.03. The molecule has 0 amide bonds. The minimum atomic E-state index is -0.139. The molecule has 3 rings (SSSR count). The van der Waals surface area contributed by atoms with Crippen molar-refractivity contribution in [3.05, 3.63) is 35.8 Å². The summed E-state index contributed by atoms with van der Waals surface area (Å²) in [6.45, 7) is 0. The molecule has 0 aliphatic heterocycles. The molecule has 1 aliphatic rings. The highest BCUT2D eigenvalue weighted by atomic mass is 19.1. The Kier molecular flexibility index (Phi) is 2.43. The molecule has 1 aliphatic carbocycles. The van der Waals surface area contributed by atoms with Crippen LogP contribution in [0.2, 0.25) is 0 Å². The van der Waals surface area contributed by atoms with Gasteiger partial charge in [-0.05, 0) is 30.4 Å². The van der Waals surface area contributed by atoms with E-state index in [9.17, 15) is 4.39 Å². The maximum absolute atomic E-state index is 13.5. The van der Waals surface area contributed by atoms with Gasteiger partial charge >= 0.3 is 0 Å². The predicted molar refractivity (Wildman–Crippen MR) is 64.1 cm³/mol. The summed E-state index contributed by atoms with van der Waals surface area (Å²) in [4.78, 5) is 3.08. The number of aromatic nitrogens is 1. The van der Waals surface area contributed by atoms with Gasteiger partial charge in [-0.2, -0.15) is 0 Å². The highest BCUT2D eigenvalue weighted by Crippen LogP contribution is 2.36. The van der Waals surface area contributed by atoms with Gasteiger partial charge in [0.15, 0.2) is 0 Å². The van der Waals surface area contributed by atoms with E-state index in [1.807, 2.05) is 12.3 Å². The first-order valence-corrected chi connectivity index (χ1v) is 6.12. The molecule has 1 saturated carbocycles. The fourth-order valence-corrected chi connectivity index (χ4v) is 2.89. The highest BCUT2D eigenvalue weighted by molar-refractivity contribution is 5.84. The molecule has 16 heavy (non-hydrogen) atoms. The zero-order valence-corrected chi connectivity index (χ0v) is 9.30. The first kappa shape index (κ1) is 9.88. The summed E-state index contributed by atoms with van der Waals surface area (Å²) in [5.74, 6) is 0.490. The van der Waals surface area contributed by atoms with Crippen molar-refractivity contribution in [2.75, 3.05) is 0 Å². The molecule has 1 heterocycles. The lowest BCUT2D eigenvalue weighted by molar-refractivity contribution is 0.445. The SMILES string of the molecule is Fc1cccc2c(C3CCCCC3)c[nH]c12. The molecule has 2 heteroatoms. The van der Waals surface area contributed by atoms with E-state index in [0.29, 0.717) is 11.4 Å². The maximum Gasteiger partial charge on any atom is 0.147 e. The third kappa shape index (κ3) is 1.53. The number of benzene rings is 1. The maximum atomic E-state index is 13.5. The smallest absolute Gasteiger partial charge is 0.147 e. The van der Waals surface area contributed by atoms with Crippen LogP contribution in [0.15, 0.2) is 24.4 Å². The van der Waals surface area contributed by atoms with Gasteiger partial charge < -0.3 is 4.98 Å². The topological polar surface area (TPSA) is 15.8 Å². The molecule has 0 spiro atoms. The Labute approximate surface area is 94.7 Å². The van der Waals surface area contributed by atoms with Crippen LogP contribution in [0.4, 0.5) is 4.39 Å². The molecule has 84 valence electrons. The number of H-pyrrole nitrogens is 1. The van der Waals surface area contributed by atoms with E-state index in [4.69, 9.17) is 0 Å². The van der Waals surface area contributed by atoms with Gasteiger partial charge in [0.1, 0.15) is 5.82 Å². The first-order chi connectivity index (χ1) is 7.86. The molecule has 0 unspecified atom stereocenters. The van der Waals surface area contributed by atoms with Crippen molar-refractivity contribution in [2.45, 2.75) is 38.0 Å². The van der Waals surface area contributed by atoms with Gasteiger partial charge in [0, 0.05) is 11.6 Å². The molecule has 0 saturated heterocycles. The van der Waals surface area contributed by atoms with E-state index in [2.05, 4.69) is 4.98 Å². The Bertz CT molecular complexity index is 494. The average Bonchev–Trinajstić information content (AvgIpc) is 2.75. The van der Waals surface area contributed by atoms with E-state index in [1.54, 1.807) is 6.07 Å². The Balaban J connectivity index is 2.06. The van der Waals surface area contributed by atoms with Gasteiger partial charge in [-0.25, -0.2) is 4.39 Å². The molecule has 1 aromatic heterocycles. The third-order valence-corrected chi connectivity index (χ3v) is 3.74. The van der Waals surface area contributed by atoms with Crippen molar-refractivity contribution >= 4 is 10.9 Å². The second-order valence-electron chi connectivity index (χ2n) is 4.74. The van der Waals surface area contributed by atoms with Gasteiger partial charge in [0.2, 0.25) is 0 Å². The highest BCUT2D eigenvalue weighted by Gasteiger charge is 2.19. The van der Waals surface area contributed by atoms with E-state index >= 15 is 0 Å². The van der Waals surface area contributed by atoms with Gasteiger partial charge in [-0.1, -0.05) is 31.4 Å². The number of para-hydroxylation sites is 1. The number of hydrogen-bond donors (Lipinski definition) is 1. The molecule has 1 nitrogen and oxygen atoms in total. The summed E-state index contributed by atoms with van der Waals surface area (Å²) in [6.07, 6.45) is 8.49. The quantitative estimate of drug-likeness (QED) is 0.730. The number of halogens is 1. The molecule has 1 N–H and O–H groups in total. The van der Waals surface area contributed by atoms with E-state index in [-0.39, 0.29) is 5.82 Å². The Morgan fingerprint density at radius 3 is 2.75 bits per heavy atom. The molecular weight excluding hydrogens is 201 g/mol. The van der Waals surface area contributed by atoms with Crippen molar-refractivity contribution in [1.29, 1.82) is 0 Å². The van der Waals surface area contributed by atoms with Crippen LogP contribution >= 0.6 is 0 Å². The number of rotatable bonds is 1. The molecule has 2 aromatic rings. The van der Waals surface area contributed by atoms with Gasteiger partial charge in [-0.15, -0.1) is 0 Å². The fraction of sp³-hybridized carbons (Fsp3) is 0.429. The number of hydrogen-bond acceptors (Lipinski definition) is 0. The van der Waals surface area contributed by atoms with Crippen LogP contribution in [-0.2, 0) is 0 Å². The summed E-state index contributed by atoms with van der Waals surface area (Å²) >= 11 is 0. The molecular formula is C14H16FN. The van der Waals surface area contributed by atoms with E-state index in [0.717, 1.165) is 5.39 Å². The summed E-state index contributed by atoms with van der Waals surface area (Å²) in [5, 5.41) is 1.08. The zero-order chi connectivity index (χ0) is 11.0. The van der Waals surface area contributed by atoms with Gasteiger partial charge in [-0.3, -0.25) is 0 Å². The standard InChI is InChI=1S/C14H16FN/c15-13-8-4-7-11-12(9-16-14(11)13)10-5-2-1-3-6-10/h4,7-10,16H,1-3,5-6H2. The molecule has 0 atom stereocenters. The average molecular weight is 217 g/mol. The van der Waals surface area contributed by atoms with Crippen molar-refractivity contribution in [3.63, 3.8) is 0 Å². The van der Waals surface area contributed by atoms with Crippen molar-refractivity contribution in [1.82, 2.24) is 4.98 Å². The third-order valence-electron chi connectivity index (χ3n) is 3.74. The normalized spacial score (nSPS) is 18.1. The number of nitrogens with one attached hydrogen (secondary N) is 1. The number of aromatic amines is 1. The Hall–Kier alpha value is -1.31.